The van der Waals surface area contributed by atoms with Gasteiger partial charge in [0.05, 0.1) is 11.2 Å². The Bertz CT molecular complexity index is 846. The number of ether oxygens (including phenoxy) is 1. The Kier molecular flexibility index (Phi) is 6.22. The number of nitrogens with one attached hydrogen (secondary N) is 1. The first-order valence-electron chi connectivity index (χ1n) is 9.58. The van der Waals surface area contributed by atoms with E-state index < -0.39 is 12.1 Å². The van der Waals surface area contributed by atoms with Gasteiger partial charge in [-0.2, -0.15) is 0 Å². The van der Waals surface area contributed by atoms with Crippen LogP contribution in [-0.4, -0.2) is 29.0 Å². The number of aromatic nitrogens is 1. The van der Waals surface area contributed by atoms with E-state index in [1.54, 1.807) is 13.0 Å². The van der Waals surface area contributed by atoms with Crippen molar-refractivity contribution in [3.8, 4) is 0 Å². The summed E-state index contributed by atoms with van der Waals surface area (Å²) in [5.41, 5.74) is 1.53. The van der Waals surface area contributed by atoms with E-state index in [2.05, 4.69) is 17.2 Å². The number of pyridine rings is 1. The van der Waals surface area contributed by atoms with Gasteiger partial charge >= 0.3 is 5.97 Å². The molecule has 1 amide bonds. The van der Waals surface area contributed by atoms with Crippen LogP contribution in [0.25, 0.3) is 17.0 Å². The van der Waals surface area contributed by atoms with Crippen LogP contribution in [0.3, 0.4) is 0 Å². The minimum Gasteiger partial charge on any atom is -0.449 e. The largest absolute Gasteiger partial charge is 0.449 e. The normalized spacial score (nSPS) is 21.1. The number of hydrogen-bond acceptors (Lipinski definition) is 4. The van der Waals surface area contributed by atoms with Gasteiger partial charge < -0.3 is 10.1 Å². The molecule has 0 aliphatic heterocycles. The fraction of sp³-hybridized carbons (Fsp3) is 0.409. The topological polar surface area (TPSA) is 68.3 Å². The van der Waals surface area contributed by atoms with E-state index in [9.17, 15) is 9.59 Å². The Hall–Kier alpha value is -2.69. The summed E-state index contributed by atoms with van der Waals surface area (Å²) in [4.78, 5) is 28.8. The second-order valence-corrected chi connectivity index (χ2v) is 7.22. The number of fused-ring (bicyclic) bond motifs is 1. The second-order valence-electron chi connectivity index (χ2n) is 7.22. The van der Waals surface area contributed by atoms with Crippen molar-refractivity contribution < 1.29 is 14.3 Å². The predicted octanol–water partition coefficient (Wildman–Crippen LogP) is 3.87. The van der Waals surface area contributed by atoms with E-state index in [1.807, 2.05) is 36.4 Å². The highest BCUT2D eigenvalue weighted by Crippen LogP contribution is 2.23. The lowest BCUT2D eigenvalue weighted by molar-refractivity contribution is -0.150. The van der Waals surface area contributed by atoms with Gasteiger partial charge in [-0.1, -0.05) is 44.0 Å². The zero-order chi connectivity index (χ0) is 19.2. The maximum Gasteiger partial charge on any atom is 0.331 e. The van der Waals surface area contributed by atoms with E-state index in [4.69, 9.17) is 4.74 Å². The molecule has 0 spiro atoms. The van der Waals surface area contributed by atoms with Crippen LogP contribution < -0.4 is 5.32 Å². The van der Waals surface area contributed by atoms with Crippen LogP contribution in [0.4, 0.5) is 0 Å². The number of benzene rings is 1. The van der Waals surface area contributed by atoms with Crippen LogP contribution >= 0.6 is 0 Å². The Labute approximate surface area is 159 Å². The van der Waals surface area contributed by atoms with Gasteiger partial charge in [-0.3, -0.25) is 4.79 Å². The Morgan fingerprint density at radius 2 is 1.96 bits per heavy atom. The van der Waals surface area contributed by atoms with Crippen molar-refractivity contribution in [2.24, 2.45) is 5.92 Å². The lowest BCUT2D eigenvalue weighted by Gasteiger charge is -2.30. The summed E-state index contributed by atoms with van der Waals surface area (Å²) in [5, 5.41) is 4.06. The van der Waals surface area contributed by atoms with Crippen LogP contribution in [0.1, 0.15) is 45.2 Å². The Morgan fingerprint density at radius 1 is 1.19 bits per heavy atom. The molecular weight excluding hydrogens is 340 g/mol. The van der Waals surface area contributed by atoms with Crippen LogP contribution in [0.15, 0.2) is 42.5 Å². The predicted molar refractivity (Wildman–Crippen MR) is 106 cm³/mol. The average molecular weight is 366 g/mol. The van der Waals surface area contributed by atoms with Crippen molar-refractivity contribution in [1.82, 2.24) is 10.3 Å². The minimum absolute atomic E-state index is 0.171. The summed E-state index contributed by atoms with van der Waals surface area (Å²) in [5.74, 6) is -0.326. The van der Waals surface area contributed by atoms with Crippen molar-refractivity contribution in [2.45, 2.75) is 51.7 Å². The fourth-order valence-electron chi connectivity index (χ4n) is 3.43. The number of carbonyl (C=O) groups excluding carboxylic acids is 2. The molecule has 0 unspecified atom stereocenters. The van der Waals surface area contributed by atoms with E-state index >= 15 is 0 Å². The van der Waals surface area contributed by atoms with Gasteiger partial charge in [-0.25, -0.2) is 9.78 Å². The SMILES string of the molecule is C[C@H](OC(=O)/C=C/c1ccc2ccccc2n1)C(=O)N[C@@H]1CCCC[C@H]1C. The molecule has 2 aromatic rings. The maximum atomic E-state index is 12.3. The zero-order valence-electron chi connectivity index (χ0n) is 15.9. The first-order chi connectivity index (χ1) is 13.0. The molecule has 0 saturated heterocycles. The monoisotopic (exact) mass is 366 g/mol. The van der Waals surface area contributed by atoms with E-state index in [0.717, 1.165) is 30.2 Å². The van der Waals surface area contributed by atoms with Crippen LogP contribution in [0.5, 0.6) is 0 Å². The lowest BCUT2D eigenvalue weighted by atomic mass is 9.86. The van der Waals surface area contributed by atoms with Gasteiger partial charge in [-0.05, 0) is 43.9 Å². The van der Waals surface area contributed by atoms with Crippen molar-refractivity contribution in [1.29, 1.82) is 0 Å². The van der Waals surface area contributed by atoms with Gasteiger partial charge in [0.2, 0.25) is 0 Å². The highest BCUT2D eigenvalue weighted by molar-refractivity contribution is 5.90. The van der Waals surface area contributed by atoms with E-state index in [1.165, 1.54) is 12.5 Å². The van der Waals surface area contributed by atoms with Crippen LogP contribution in [0.2, 0.25) is 0 Å². The number of hydrogen-bond donors (Lipinski definition) is 1. The highest BCUT2D eigenvalue weighted by Gasteiger charge is 2.25. The molecule has 1 fully saturated rings. The van der Waals surface area contributed by atoms with Gasteiger partial charge in [0.25, 0.3) is 5.91 Å². The molecule has 1 saturated carbocycles. The Balaban J connectivity index is 1.54. The van der Waals surface area contributed by atoms with Crippen molar-refractivity contribution >= 4 is 28.9 Å². The number of carbonyl (C=O) groups is 2. The maximum absolute atomic E-state index is 12.3. The summed E-state index contributed by atoms with van der Waals surface area (Å²) >= 11 is 0. The van der Waals surface area contributed by atoms with E-state index in [-0.39, 0.29) is 11.9 Å². The number of esters is 1. The van der Waals surface area contributed by atoms with Gasteiger partial charge in [-0.15, -0.1) is 0 Å². The average Bonchev–Trinajstić information content (AvgIpc) is 2.68. The Morgan fingerprint density at radius 3 is 2.78 bits per heavy atom. The highest BCUT2D eigenvalue weighted by atomic mass is 16.5. The fourth-order valence-corrected chi connectivity index (χ4v) is 3.43. The standard InChI is InChI=1S/C22H26N2O3/c1-15-7-3-5-9-19(15)24-22(26)16(2)27-21(25)14-13-18-12-11-17-8-4-6-10-20(17)23-18/h4,6,8,10-16,19H,3,5,7,9H2,1-2H3,(H,24,26)/b14-13+/t15-,16+,19-/m1/s1. The third-order valence-electron chi connectivity index (χ3n) is 5.11. The third kappa shape index (κ3) is 5.16. The van der Waals surface area contributed by atoms with Crippen molar-refractivity contribution in [3.05, 3.63) is 48.2 Å². The molecule has 5 heteroatoms. The summed E-state index contributed by atoms with van der Waals surface area (Å²) < 4.78 is 5.23. The molecule has 1 N–H and O–H groups in total. The molecule has 0 radical (unpaired) electrons. The van der Waals surface area contributed by atoms with Crippen LogP contribution in [-0.2, 0) is 14.3 Å². The molecule has 1 aliphatic rings. The first kappa shape index (κ1) is 19.1. The summed E-state index contributed by atoms with van der Waals surface area (Å²) in [6.45, 7) is 3.75. The minimum atomic E-state index is -0.819. The second kappa shape index (κ2) is 8.80. The van der Waals surface area contributed by atoms with Gasteiger partial charge in [0.1, 0.15) is 0 Å². The van der Waals surface area contributed by atoms with E-state index in [0.29, 0.717) is 11.6 Å². The molecule has 142 valence electrons. The molecule has 1 heterocycles. The van der Waals surface area contributed by atoms with Gasteiger partial charge in [0.15, 0.2) is 6.10 Å². The summed E-state index contributed by atoms with van der Waals surface area (Å²) in [6, 6.07) is 11.7. The molecule has 3 atom stereocenters. The lowest BCUT2D eigenvalue weighted by Crippen LogP contribution is -2.45. The molecule has 0 bridgehead atoms. The third-order valence-corrected chi connectivity index (χ3v) is 5.11. The molecule has 27 heavy (non-hydrogen) atoms. The first-order valence-corrected chi connectivity index (χ1v) is 9.58. The smallest absolute Gasteiger partial charge is 0.331 e. The quantitative estimate of drug-likeness (QED) is 0.644. The zero-order valence-corrected chi connectivity index (χ0v) is 15.9. The number of nitrogens with zero attached hydrogens (tertiary/aromatic N) is 1. The number of amides is 1. The van der Waals surface area contributed by atoms with Crippen molar-refractivity contribution in [2.75, 3.05) is 0 Å². The molecule has 1 aliphatic carbocycles. The molecule has 5 nitrogen and oxygen atoms in total. The molecule has 1 aromatic carbocycles. The molecule has 1 aromatic heterocycles. The summed E-state index contributed by atoms with van der Waals surface area (Å²) in [6.07, 6.45) is 6.55. The number of para-hydroxylation sites is 1. The van der Waals surface area contributed by atoms with Crippen LogP contribution in [0, 0.1) is 5.92 Å². The summed E-state index contributed by atoms with van der Waals surface area (Å²) in [7, 11) is 0. The van der Waals surface area contributed by atoms with Gasteiger partial charge in [0, 0.05) is 17.5 Å². The van der Waals surface area contributed by atoms with Crippen molar-refractivity contribution in [3.63, 3.8) is 0 Å². The molecular formula is C22H26N2O3. The number of rotatable bonds is 5. The molecule has 3 rings (SSSR count).